The molecule has 0 amide bonds. The minimum Gasteiger partial charge on any atom is -0.462 e. The molecule has 374 valence electrons. The molecule has 1 unspecified atom stereocenters. The largest absolute Gasteiger partial charge is 0.462 e. The molecule has 6 heteroatoms. The topological polar surface area (TPSA) is 78.9 Å². The van der Waals surface area contributed by atoms with Crippen molar-refractivity contribution in [2.24, 2.45) is 0 Å². The van der Waals surface area contributed by atoms with Crippen LogP contribution < -0.4 is 0 Å². The lowest BCUT2D eigenvalue weighted by Crippen LogP contribution is -2.30. The predicted octanol–water partition coefficient (Wildman–Crippen LogP) is 18.2. The molecular formula is C59H102O6. The highest BCUT2D eigenvalue weighted by atomic mass is 16.6. The SMILES string of the molecule is CC/C=C\C/C=C\C/C=C\C/C=C\C/C=C\CC(=O)OC(COC(=O)CCCCCCC/C=C\CCCCC)COC(=O)CCCCCCCCCCCCCCCCCCCCCC. The Morgan fingerprint density at radius 3 is 1.03 bits per heavy atom. The first kappa shape index (κ1) is 61.9. The monoisotopic (exact) mass is 907 g/mol. The standard InChI is InChI=1S/C59H102O6/c1-4-7-10-13-16-19-22-25-27-28-29-30-31-33-34-37-40-43-46-49-52-58(61)64-55-56(54-63-57(60)51-48-45-42-39-36-24-21-18-15-12-9-6-3)65-59(62)53-50-47-44-41-38-35-32-26-23-20-17-14-11-8-5-2/h8,11,17-18,20-21,26,32,38,41,47,50,56H,4-7,9-10,12-16,19,22-25,27-31,33-37,39-40,42-46,48-49,51-55H2,1-3H3/b11-8-,20-17-,21-18-,32-26-,41-38-,50-47-. The van der Waals surface area contributed by atoms with E-state index in [9.17, 15) is 14.4 Å². The molecule has 0 radical (unpaired) electrons. The number of ether oxygens (including phenoxy) is 3. The summed E-state index contributed by atoms with van der Waals surface area (Å²) in [5.74, 6) is -1.05. The molecule has 0 aromatic heterocycles. The van der Waals surface area contributed by atoms with Gasteiger partial charge < -0.3 is 14.2 Å². The maximum atomic E-state index is 12.7. The molecule has 0 aliphatic carbocycles. The fraction of sp³-hybridized carbons (Fsp3) is 0.746. The van der Waals surface area contributed by atoms with Crippen molar-refractivity contribution in [3.8, 4) is 0 Å². The molecule has 0 N–H and O–H groups in total. The fourth-order valence-corrected chi connectivity index (χ4v) is 7.63. The van der Waals surface area contributed by atoms with Gasteiger partial charge in [0.05, 0.1) is 6.42 Å². The van der Waals surface area contributed by atoms with Gasteiger partial charge in [-0.05, 0) is 70.6 Å². The van der Waals surface area contributed by atoms with Gasteiger partial charge in [0.2, 0.25) is 0 Å². The molecule has 0 saturated heterocycles. The highest BCUT2D eigenvalue weighted by molar-refractivity contribution is 5.72. The number of rotatable bonds is 49. The summed E-state index contributed by atoms with van der Waals surface area (Å²) in [5.41, 5.74) is 0. The van der Waals surface area contributed by atoms with Crippen molar-refractivity contribution >= 4 is 17.9 Å². The lowest BCUT2D eigenvalue weighted by molar-refractivity contribution is -0.166. The first-order valence-corrected chi connectivity index (χ1v) is 27.4. The Kier molecular flexibility index (Phi) is 50.9. The number of hydrogen-bond donors (Lipinski definition) is 0. The van der Waals surface area contributed by atoms with Crippen LogP contribution in [0.3, 0.4) is 0 Å². The van der Waals surface area contributed by atoms with Crippen LogP contribution in [0, 0.1) is 0 Å². The van der Waals surface area contributed by atoms with Gasteiger partial charge in [0.15, 0.2) is 6.10 Å². The number of unbranched alkanes of at least 4 members (excludes halogenated alkanes) is 27. The molecule has 1 atom stereocenters. The van der Waals surface area contributed by atoms with Crippen molar-refractivity contribution < 1.29 is 28.6 Å². The van der Waals surface area contributed by atoms with Crippen LogP contribution in [0.25, 0.3) is 0 Å². The van der Waals surface area contributed by atoms with Gasteiger partial charge >= 0.3 is 17.9 Å². The minimum atomic E-state index is -0.830. The van der Waals surface area contributed by atoms with Gasteiger partial charge in [0.25, 0.3) is 0 Å². The van der Waals surface area contributed by atoms with Crippen molar-refractivity contribution in [1.82, 2.24) is 0 Å². The van der Waals surface area contributed by atoms with Crippen LogP contribution in [-0.4, -0.2) is 37.2 Å². The van der Waals surface area contributed by atoms with E-state index >= 15 is 0 Å². The second-order valence-corrected chi connectivity index (χ2v) is 18.1. The molecule has 0 rings (SSSR count). The summed E-state index contributed by atoms with van der Waals surface area (Å²) in [6.07, 6.45) is 67.8. The van der Waals surface area contributed by atoms with Crippen LogP contribution in [0.4, 0.5) is 0 Å². The Hall–Kier alpha value is -3.15. The van der Waals surface area contributed by atoms with Gasteiger partial charge in [0, 0.05) is 12.8 Å². The number of carbonyl (C=O) groups excluding carboxylic acids is 3. The van der Waals surface area contributed by atoms with Gasteiger partial charge in [-0.3, -0.25) is 14.4 Å². The summed E-state index contributed by atoms with van der Waals surface area (Å²) in [6, 6.07) is 0. The third-order valence-corrected chi connectivity index (χ3v) is 11.7. The first-order chi connectivity index (χ1) is 32.0. The van der Waals surface area contributed by atoms with Crippen LogP contribution in [0.5, 0.6) is 0 Å². The molecule has 0 spiro atoms. The zero-order valence-electron chi connectivity index (χ0n) is 42.7. The Morgan fingerprint density at radius 2 is 0.646 bits per heavy atom. The highest BCUT2D eigenvalue weighted by Gasteiger charge is 2.19. The third kappa shape index (κ3) is 51.7. The van der Waals surface area contributed by atoms with E-state index in [0.29, 0.717) is 12.8 Å². The van der Waals surface area contributed by atoms with E-state index in [1.807, 2.05) is 6.08 Å². The average molecular weight is 907 g/mol. The molecule has 0 fully saturated rings. The molecule has 0 aliphatic heterocycles. The number of allylic oxidation sites excluding steroid dienone is 11. The smallest absolute Gasteiger partial charge is 0.310 e. The summed E-state index contributed by atoms with van der Waals surface area (Å²) in [6.45, 7) is 6.43. The predicted molar refractivity (Wildman–Crippen MR) is 279 cm³/mol. The van der Waals surface area contributed by atoms with Crippen molar-refractivity contribution in [2.45, 2.75) is 271 Å². The Balaban J connectivity index is 4.41. The molecule has 0 aliphatic rings. The van der Waals surface area contributed by atoms with Crippen LogP contribution in [0.15, 0.2) is 72.9 Å². The number of esters is 3. The maximum absolute atomic E-state index is 12.7. The quantitative estimate of drug-likeness (QED) is 0.0262. The zero-order chi connectivity index (χ0) is 47.2. The Morgan fingerprint density at radius 1 is 0.338 bits per heavy atom. The Bertz CT molecular complexity index is 1230. The van der Waals surface area contributed by atoms with Gasteiger partial charge in [-0.2, -0.15) is 0 Å². The van der Waals surface area contributed by atoms with Crippen LogP contribution in [-0.2, 0) is 28.6 Å². The zero-order valence-corrected chi connectivity index (χ0v) is 42.7. The molecular weight excluding hydrogens is 805 g/mol. The first-order valence-electron chi connectivity index (χ1n) is 27.4. The normalized spacial score (nSPS) is 12.6. The molecule has 0 heterocycles. The van der Waals surface area contributed by atoms with E-state index in [1.54, 1.807) is 6.08 Å². The van der Waals surface area contributed by atoms with Crippen molar-refractivity contribution in [3.05, 3.63) is 72.9 Å². The van der Waals surface area contributed by atoms with Gasteiger partial charge in [-0.15, -0.1) is 0 Å². The lowest BCUT2D eigenvalue weighted by atomic mass is 10.0. The Labute approximate surface area is 402 Å². The second-order valence-electron chi connectivity index (χ2n) is 18.1. The van der Waals surface area contributed by atoms with Gasteiger partial charge in [0.1, 0.15) is 13.2 Å². The van der Waals surface area contributed by atoms with Gasteiger partial charge in [-0.25, -0.2) is 0 Å². The van der Waals surface area contributed by atoms with E-state index in [-0.39, 0.29) is 31.6 Å². The van der Waals surface area contributed by atoms with Crippen molar-refractivity contribution in [3.63, 3.8) is 0 Å². The summed E-state index contributed by atoms with van der Waals surface area (Å²) < 4.78 is 16.7. The summed E-state index contributed by atoms with van der Waals surface area (Å²) >= 11 is 0. The average Bonchev–Trinajstić information content (AvgIpc) is 3.30. The van der Waals surface area contributed by atoms with Crippen molar-refractivity contribution in [1.29, 1.82) is 0 Å². The fourth-order valence-electron chi connectivity index (χ4n) is 7.63. The molecule has 0 aromatic rings. The summed E-state index contributed by atoms with van der Waals surface area (Å²) in [7, 11) is 0. The van der Waals surface area contributed by atoms with E-state index in [2.05, 4.69) is 81.5 Å². The highest BCUT2D eigenvalue weighted by Crippen LogP contribution is 2.16. The maximum Gasteiger partial charge on any atom is 0.310 e. The third-order valence-electron chi connectivity index (χ3n) is 11.7. The van der Waals surface area contributed by atoms with E-state index in [0.717, 1.165) is 83.5 Å². The van der Waals surface area contributed by atoms with Crippen LogP contribution in [0.2, 0.25) is 0 Å². The lowest BCUT2D eigenvalue weighted by Gasteiger charge is -2.18. The molecule has 6 nitrogen and oxygen atoms in total. The van der Waals surface area contributed by atoms with Gasteiger partial charge in [-0.1, -0.05) is 248 Å². The van der Waals surface area contributed by atoms with Crippen LogP contribution >= 0.6 is 0 Å². The van der Waals surface area contributed by atoms with E-state index in [4.69, 9.17) is 14.2 Å². The molecule has 0 aromatic carbocycles. The van der Waals surface area contributed by atoms with E-state index in [1.165, 1.54) is 141 Å². The summed E-state index contributed by atoms with van der Waals surface area (Å²) in [4.78, 5) is 38.0. The second kappa shape index (κ2) is 53.5. The number of carbonyl (C=O) groups is 3. The summed E-state index contributed by atoms with van der Waals surface area (Å²) in [5, 5.41) is 0. The number of hydrogen-bond acceptors (Lipinski definition) is 6. The van der Waals surface area contributed by atoms with Crippen molar-refractivity contribution in [2.75, 3.05) is 13.2 Å². The molecule has 0 bridgehead atoms. The minimum absolute atomic E-state index is 0.0972. The van der Waals surface area contributed by atoms with E-state index < -0.39 is 12.1 Å². The van der Waals surface area contributed by atoms with Crippen LogP contribution in [0.1, 0.15) is 265 Å². The molecule has 65 heavy (non-hydrogen) atoms. The molecule has 0 saturated carbocycles.